The maximum atomic E-state index is 14.7. The minimum absolute atomic E-state index is 0. The Morgan fingerprint density at radius 1 is 1.24 bits per heavy atom. The molecule has 1 saturated heterocycles. The highest BCUT2D eigenvalue weighted by atomic mass is 35.5. The molecule has 1 saturated carbocycles. The molecule has 2 unspecified atom stereocenters. The van der Waals surface area contributed by atoms with Crippen molar-refractivity contribution in [3.63, 3.8) is 0 Å². The van der Waals surface area contributed by atoms with E-state index in [0.717, 1.165) is 24.1 Å². The Morgan fingerprint density at radius 3 is 2.62 bits per heavy atom. The van der Waals surface area contributed by atoms with Gasteiger partial charge in [0.2, 0.25) is 0 Å². The van der Waals surface area contributed by atoms with E-state index in [9.17, 15) is 14.0 Å². The molecule has 2 N–H and O–H groups in total. The van der Waals surface area contributed by atoms with Crippen molar-refractivity contribution in [3.8, 4) is 0 Å². The van der Waals surface area contributed by atoms with Gasteiger partial charge in [0.05, 0.1) is 18.3 Å². The average molecular weight is 530 g/mol. The standard InChI is InChI=1S/C24H29FN4O2S.2ClH/c1-16(30)32-22-9-11-28(15-18(22)14-19-8-12-29(27-19)13-10-26)23(24(31)17-6-7-17)20-4-2-3-5-21(20)25;;/h2-5,8,12,14,17,22-23H,6-7,9-11,13,15,26H2,1H3;2*1H/b18-14-;;. The summed E-state index contributed by atoms with van der Waals surface area (Å²) in [4.78, 5) is 27.2. The fraction of sp³-hybridized carbons (Fsp3) is 0.458. The summed E-state index contributed by atoms with van der Waals surface area (Å²) < 4.78 is 16.5. The van der Waals surface area contributed by atoms with Gasteiger partial charge in [-0.3, -0.25) is 19.2 Å². The van der Waals surface area contributed by atoms with Gasteiger partial charge < -0.3 is 5.73 Å². The highest BCUT2D eigenvalue weighted by Gasteiger charge is 2.41. The second-order valence-electron chi connectivity index (χ2n) is 8.47. The Labute approximate surface area is 216 Å². The van der Waals surface area contributed by atoms with Crippen molar-refractivity contribution in [2.24, 2.45) is 11.7 Å². The summed E-state index contributed by atoms with van der Waals surface area (Å²) in [6.07, 6.45) is 6.34. The molecule has 1 aliphatic carbocycles. The molecule has 2 aliphatic rings. The number of thioether (sulfide) groups is 1. The fourth-order valence-corrected chi connectivity index (χ4v) is 5.21. The predicted octanol–water partition coefficient (Wildman–Crippen LogP) is 4.28. The third-order valence-electron chi connectivity index (χ3n) is 5.95. The molecule has 2 aromatic rings. The van der Waals surface area contributed by atoms with Crippen molar-refractivity contribution in [1.82, 2.24) is 14.7 Å². The molecule has 186 valence electrons. The monoisotopic (exact) mass is 528 g/mol. The van der Waals surface area contributed by atoms with Crippen molar-refractivity contribution >= 4 is 53.6 Å². The number of nitrogens with zero attached hydrogens (tertiary/aromatic N) is 3. The van der Waals surface area contributed by atoms with Crippen LogP contribution in [0, 0.1) is 11.7 Å². The summed E-state index contributed by atoms with van der Waals surface area (Å²) in [6.45, 7) is 3.82. The number of aromatic nitrogens is 2. The zero-order valence-electron chi connectivity index (χ0n) is 19.1. The number of benzene rings is 1. The number of carbonyl (C=O) groups is 2. The van der Waals surface area contributed by atoms with Gasteiger partial charge in [-0.15, -0.1) is 24.8 Å². The molecule has 34 heavy (non-hydrogen) atoms. The van der Waals surface area contributed by atoms with Crippen molar-refractivity contribution in [2.75, 3.05) is 19.6 Å². The minimum Gasteiger partial charge on any atom is -0.329 e. The van der Waals surface area contributed by atoms with Crippen LogP contribution in [-0.4, -0.2) is 50.5 Å². The van der Waals surface area contributed by atoms with Crippen molar-refractivity contribution < 1.29 is 14.0 Å². The molecule has 1 aromatic carbocycles. The molecule has 0 amide bonds. The van der Waals surface area contributed by atoms with Crippen LogP contribution in [0.4, 0.5) is 4.39 Å². The largest absolute Gasteiger partial charge is 0.329 e. The number of likely N-dealkylation sites (tertiary alicyclic amines) is 1. The van der Waals surface area contributed by atoms with Crippen LogP contribution in [-0.2, 0) is 16.1 Å². The molecule has 2 atom stereocenters. The molecule has 0 spiro atoms. The fourth-order valence-electron chi connectivity index (χ4n) is 4.30. The average Bonchev–Trinajstić information content (AvgIpc) is 3.52. The number of halogens is 3. The number of ketones is 1. The number of Topliss-reactive ketones (excluding diaryl/α,β-unsaturated/α-hetero) is 1. The number of carbonyl (C=O) groups excluding carboxylic acids is 2. The van der Waals surface area contributed by atoms with E-state index in [1.807, 2.05) is 18.3 Å². The third kappa shape index (κ3) is 6.92. The molecule has 4 rings (SSSR count). The van der Waals surface area contributed by atoms with Gasteiger partial charge in [0.1, 0.15) is 5.82 Å². The number of piperidine rings is 1. The molecule has 1 aromatic heterocycles. The lowest BCUT2D eigenvalue weighted by Crippen LogP contribution is -2.43. The lowest BCUT2D eigenvalue weighted by molar-refractivity contribution is -0.126. The summed E-state index contributed by atoms with van der Waals surface area (Å²) in [5.74, 6) is -0.236. The summed E-state index contributed by atoms with van der Waals surface area (Å²) >= 11 is 1.31. The van der Waals surface area contributed by atoms with Gasteiger partial charge in [0.15, 0.2) is 10.9 Å². The van der Waals surface area contributed by atoms with Crippen LogP contribution in [0.5, 0.6) is 0 Å². The van der Waals surface area contributed by atoms with Gasteiger partial charge in [-0.1, -0.05) is 30.0 Å². The second kappa shape index (κ2) is 12.8. The van der Waals surface area contributed by atoms with Gasteiger partial charge in [-0.2, -0.15) is 5.10 Å². The molecule has 2 fully saturated rings. The van der Waals surface area contributed by atoms with E-state index in [1.165, 1.54) is 17.8 Å². The zero-order chi connectivity index (χ0) is 22.7. The Morgan fingerprint density at radius 2 is 1.97 bits per heavy atom. The van der Waals surface area contributed by atoms with Crippen molar-refractivity contribution in [2.45, 2.75) is 44.0 Å². The van der Waals surface area contributed by atoms with Gasteiger partial charge in [-0.25, -0.2) is 4.39 Å². The Bertz CT molecular complexity index is 1030. The van der Waals surface area contributed by atoms with Gasteiger partial charge >= 0.3 is 0 Å². The van der Waals surface area contributed by atoms with E-state index in [2.05, 4.69) is 10.00 Å². The molecule has 10 heteroatoms. The van der Waals surface area contributed by atoms with E-state index in [4.69, 9.17) is 5.73 Å². The summed E-state index contributed by atoms with van der Waals surface area (Å²) in [6, 6.07) is 7.88. The van der Waals surface area contributed by atoms with E-state index in [0.29, 0.717) is 38.2 Å². The first-order valence-corrected chi connectivity index (χ1v) is 12.0. The van der Waals surface area contributed by atoms with Gasteiger partial charge in [0, 0.05) is 49.5 Å². The predicted molar refractivity (Wildman–Crippen MR) is 139 cm³/mol. The molecule has 0 bridgehead atoms. The normalized spacial score (nSPS) is 20.3. The SMILES string of the molecule is CC(=O)SC1CCN(C(C(=O)C2CC2)c2ccccc2F)C/C1=C/c1ccn(CCN)n1.Cl.Cl. The number of rotatable bonds is 8. The molecule has 6 nitrogen and oxygen atoms in total. The molecule has 2 heterocycles. The van der Waals surface area contributed by atoms with Crippen LogP contribution < -0.4 is 5.73 Å². The topological polar surface area (TPSA) is 81.2 Å². The number of hydrogen-bond acceptors (Lipinski definition) is 6. The minimum atomic E-state index is -0.606. The number of hydrogen-bond donors (Lipinski definition) is 1. The van der Waals surface area contributed by atoms with Gasteiger partial charge in [0.25, 0.3) is 0 Å². The lowest BCUT2D eigenvalue weighted by atomic mass is 9.93. The first-order valence-electron chi connectivity index (χ1n) is 11.1. The summed E-state index contributed by atoms with van der Waals surface area (Å²) in [5.41, 5.74) is 7.88. The molecular weight excluding hydrogens is 498 g/mol. The van der Waals surface area contributed by atoms with Crippen LogP contribution in [0.3, 0.4) is 0 Å². The molecular formula is C24H31Cl2FN4O2S. The first kappa shape index (κ1) is 28.5. The van der Waals surface area contributed by atoms with E-state index >= 15 is 0 Å². The second-order valence-corrected chi connectivity index (χ2v) is 9.85. The van der Waals surface area contributed by atoms with Crippen LogP contribution in [0.1, 0.15) is 43.5 Å². The summed E-state index contributed by atoms with van der Waals surface area (Å²) in [7, 11) is 0. The highest BCUT2D eigenvalue weighted by molar-refractivity contribution is 8.14. The van der Waals surface area contributed by atoms with Crippen LogP contribution in [0.25, 0.3) is 6.08 Å². The van der Waals surface area contributed by atoms with Crippen LogP contribution in [0.2, 0.25) is 0 Å². The number of nitrogens with two attached hydrogens (primary N) is 1. The van der Waals surface area contributed by atoms with E-state index in [1.54, 1.807) is 29.8 Å². The maximum absolute atomic E-state index is 14.7. The van der Waals surface area contributed by atoms with E-state index in [-0.39, 0.29) is 52.7 Å². The first-order chi connectivity index (χ1) is 15.5. The Hall–Kier alpha value is -1.71. The van der Waals surface area contributed by atoms with Gasteiger partial charge in [-0.05, 0) is 43.0 Å². The lowest BCUT2D eigenvalue weighted by Gasteiger charge is -2.38. The van der Waals surface area contributed by atoms with Crippen LogP contribution >= 0.6 is 36.6 Å². The molecule has 1 aliphatic heterocycles. The van der Waals surface area contributed by atoms with E-state index < -0.39 is 6.04 Å². The Kier molecular flexibility index (Phi) is 10.8. The third-order valence-corrected chi connectivity index (χ3v) is 7.11. The maximum Gasteiger partial charge on any atom is 0.186 e. The molecule has 0 radical (unpaired) electrons. The van der Waals surface area contributed by atoms with Crippen molar-refractivity contribution in [3.05, 3.63) is 59.2 Å². The van der Waals surface area contributed by atoms with Crippen molar-refractivity contribution in [1.29, 1.82) is 0 Å². The zero-order valence-corrected chi connectivity index (χ0v) is 21.5. The summed E-state index contributed by atoms with van der Waals surface area (Å²) in [5, 5.41) is 4.62. The quantitative estimate of drug-likeness (QED) is 0.550. The highest BCUT2D eigenvalue weighted by Crippen LogP contribution is 2.40. The Balaban J connectivity index is 0.00000204. The smallest absolute Gasteiger partial charge is 0.186 e. The van der Waals surface area contributed by atoms with Crippen LogP contribution in [0.15, 0.2) is 42.1 Å².